The summed E-state index contributed by atoms with van der Waals surface area (Å²) in [6, 6.07) is 19.7. The minimum Gasteiger partial charge on any atom is -0.465 e. The second-order valence-corrected chi connectivity index (χ2v) is 12.0. The first kappa shape index (κ1) is 25.8. The summed E-state index contributed by atoms with van der Waals surface area (Å²) < 4.78 is 44.2. The Bertz CT molecular complexity index is 1510. The molecule has 0 radical (unpaired) electrons. The quantitative estimate of drug-likeness (QED) is 0.242. The Morgan fingerprint density at radius 3 is 2.03 bits per heavy atom. The van der Waals surface area contributed by atoms with Crippen LogP contribution < -0.4 is 4.74 Å². The molecule has 0 spiro atoms. The van der Waals surface area contributed by atoms with Crippen molar-refractivity contribution in [2.45, 2.75) is 61.7 Å². The van der Waals surface area contributed by atoms with Crippen molar-refractivity contribution in [3.63, 3.8) is 0 Å². The van der Waals surface area contributed by atoms with E-state index >= 15 is 0 Å². The van der Waals surface area contributed by atoms with Crippen LogP contribution in [0.5, 0.6) is 5.75 Å². The van der Waals surface area contributed by atoms with Gasteiger partial charge in [0.25, 0.3) is 10.1 Å². The van der Waals surface area contributed by atoms with Crippen molar-refractivity contribution in [2.75, 3.05) is 6.61 Å². The fraction of sp³-hybridized carbons (Fsp3) is 0.355. The van der Waals surface area contributed by atoms with Crippen LogP contribution in [-0.2, 0) is 37.3 Å². The summed E-state index contributed by atoms with van der Waals surface area (Å²) >= 11 is 0. The molecular formula is C31H30O7S. The van der Waals surface area contributed by atoms with Crippen LogP contribution in [0, 0.1) is 5.92 Å². The van der Waals surface area contributed by atoms with Crippen LogP contribution in [0.1, 0.15) is 77.3 Å². The first-order valence-corrected chi connectivity index (χ1v) is 14.9. The van der Waals surface area contributed by atoms with Crippen LogP contribution >= 0.6 is 0 Å². The van der Waals surface area contributed by atoms with E-state index in [1.165, 1.54) is 34.4 Å². The molecule has 7 nitrogen and oxygen atoms in total. The molecule has 4 aliphatic rings. The highest BCUT2D eigenvalue weighted by Gasteiger charge is 2.43. The molecule has 3 aromatic rings. The normalized spacial score (nSPS) is 20.9. The molecule has 202 valence electrons. The minimum atomic E-state index is -4.36. The Kier molecular flexibility index (Phi) is 6.77. The third kappa shape index (κ3) is 4.87. The van der Waals surface area contributed by atoms with Crippen molar-refractivity contribution >= 4 is 22.1 Å². The van der Waals surface area contributed by atoms with Gasteiger partial charge in [-0.3, -0.25) is 14.1 Å². The largest absolute Gasteiger partial charge is 0.465 e. The SMILES string of the molecule is O=C(CCC(=O)Oc1ccc(S(=O)(=O)O)c2c1CCCC2)OCC1CC2c3ccccc3C1c1ccccc12. The van der Waals surface area contributed by atoms with Gasteiger partial charge in [0, 0.05) is 17.8 Å². The molecule has 39 heavy (non-hydrogen) atoms. The first-order valence-electron chi connectivity index (χ1n) is 13.5. The van der Waals surface area contributed by atoms with Gasteiger partial charge in [0.2, 0.25) is 0 Å². The van der Waals surface area contributed by atoms with Crippen molar-refractivity contribution in [3.8, 4) is 5.75 Å². The monoisotopic (exact) mass is 546 g/mol. The van der Waals surface area contributed by atoms with E-state index in [0.29, 0.717) is 36.5 Å². The molecule has 0 saturated heterocycles. The van der Waals surface area contributed by atoms with Gasteiger partial charge in [-0.15, -0.1) is 0 Å². The molecular weight excluding hydrogens is 516 g/mol. The van der Waals surface area contributed by atoms with Gasteiger partial charge >= 0.3 is 11.9 Å². The number of ether oxygens (including phenoxy) is 2. The van der Waals surface area contributed by atoms with E-state index in [9.17, 15) is 22.6 Å². The first-order chi connectivity index (χ1) is 18.8. The van der Waals surface area contributed by atoms with Gasteiger partial charge in [0.05, 0.1) is 24.3 Å². The minimum absolute atomic E-state index is 0.0991. The fourth-order valence-corrected chi connectivity index (χ4v) is 7.49. The zero-order valence-electron chi connectivity index (χ0n) is 21.5. The van der Waals surface area contributed by atoms with E-state index in [2.05, 4.69) is 48.5 Å². The van der Waals surface area contributed by atoms with Crippen LogP contribution in [0.4, 0.5) is 0 Å². The summed E-state index contributed by atoms with van der Waals surface area (Å²) in [5.74, 6) is -0.108. The van der Waals surface area contributed by atoms with Gasteiger partial charge in [0.1, 0.15) is 5.75 Å². The summed E-state index contributed by atoms with van der Waals surface area (Å²) in [5.41, 5.74) is 6.45. The lowest BCUT2D eigenvalue weighted by Crippen LogP contribution is -2.35. The molecule has 0 heterocycles. The standard InChI is InChI=1S/C31H30O7S/c32-29(15-16-30(33)38-27-13-14-28(39(34,35)36)23-10-4-3-9-22(23)27)37-18-19-17-26-20-7-1-5-11-24(20)31(19)25-12-6-2-8-21(25)26/h1-2,5-8,11-14,19,26,31H,3-4,9-10,15-18H2,(H,34,35,36). The molecule has 0 aromatic heterocycles. The molecule has 0 amide bonds. The van der Waals surface area contributed by atoms with Crippen molar-refractivity contribution in [3.05, 3.63) is 94.0 Å². The highest BCUT2D eigenvalue weighted by molar-refractivity contribution is 7.85. The van der Waals surface area contributed by atoms with Crippen molar-refractivity contribution < 1.29 is 32.0 Å². The number of carbonyl (C=O) groups is 2. The van der Waals surface area contributed by atoms with E-state index in [4.69, 9.17) is 9.47 Å². The van der Waals surface area contributed by atoms with Crippen LogP contribution in [0.2, 0.25) is 0 Å². The van der Waals surface area contributed by atoms with Gasteiger partial charge < -0.3 is 9.47 Å². The topological polar surface area (TPSA) is 107 Å². The number of esters is 2. The summed E-state index contributed by atoms with van der Waals surface area (Å²) in [7, 11) is -4.36. The Morgan fingerprint density at radius 2 is 1.38 bits per heavy atom. The van der Waals surface area contributed by atoms with Crippen molar-refractivity contribution in [2.24, 2.45) is 5.92 Å². The lowest BCUT2D eigenvalue weighted by Gasteiger charge is -2.45. The Morgan fingerprint density at radius 1 is 0.795 bits per heavy atom. The van der Waals surface area contributed by atoms with Crippen molar-refractivity contribution in [1.82, 2.24) is 0 Å². The second kappa shape index (κ2) is 10.2. The average Bonchev–Trinajstić information content (AvgIpc) is 2.94. The summed E-state index contributed by atoms with van der Waals surface area (Å²) in [6.45, 7) is 0.294. The van der Waals surface area contributed by atoms with Crippen LogP contribution in [-0.4, -0.2) is 31.5 Å². The van der Waals surface area contributed by atoms with Gasteiger partial charge in [-0.2, -0.15) is 8.42 Å². The number of fused-ring (bicyclic) bond motifs is 2. The molecule has 3 aromatic carbocycles. The highest BCUT2D eigenvalue weighted by atomic mass is 32.2. The number of rotatable bonds is 7. The molecule has 7 rings (SSSR count). The smallest absolute Gasteiger partial charge is 0.311 e. The zero-order valence-corrected chi connectivity index (χ0v) is 22.3. The van der Waals surface area contributed by atoms with Crippen molar-refractivity contribution in [1.29, 1.82) is 0 Å². The average molecular weight is 547 g/mol. The number of benzene rings is 3. The van der Waals surface area contributed by atoms with Crippen LogP contribution in [0.25, 0.3) is 0 Å². The van der Waals surface area contributed by atoms with Gasteiger partial charge in [-0.25, -0.2) is 0 Å². The second-order valence-electron chi connectivity index (χ2n) is 10.6. The number of hydrogen-bond donors (Lipinski definition) is 1. The van der Waals surface area contributed by atoms with E-state index in [1.54, 1.807) is 0 Å². The van der Waals surface area contributed by atoms with Crippen LogP contribution in [0.3, 0.4) is 0 Å². The highest BCUT2D eigenvalue weighted by Crippen LogP contribution is 2.55. The lowest BCUT2D eigenvalue weighted by molar-refractivity contribution is -0.148. The predicted molar refractivity (Wildman–Crippen MR) is 143 cm³/mol. The molecule has 1 atom stereocenters. The summed E-state index contributed by atoms with van der Waals surface area (Å²) in [4.78, 5) is 25.0. The van der Waals surface area contributed by atoms with Gasteiger partial charge in [-0.05, 0) is 77.6 Å². The summed E-state index contributed by atoms with van der Waals surface area (Å²) in [5, 5.41) is 0. The molecule has 8 heteroatoms. The number of hydrogen-bond acceptors (Lipinski definition) is 6. The van der Waals surface area contributed by atoms with E-state index in [-0.39, 0.29) is 35.3 Å². The molecule has 4 aliphatic carbocycles. The summed E-state index contributed by atoms with van der Waals surface area (Å²) in [6.07, 6.45) is 3.33. The Labute approximate surface area is 227 Å². The van der Waals surface area contributed by atoms with Gasteiger partial charge in [-0.1, -0.05) is 48.5 Å². The Hall–Kier alpha value is -3.49. The maximum absolute atomic E-state index is 12.6. The maximum Gasteiger partial charge on any atom is 0.311 e. The lowest BCUT2D eigenvalue weighted by atomic mass is 9.59. The molecule has 1 unspecified atom stereocenters. The molecule has 0 fully saturated rings. The third-order valence-electron chi connectivity index (χ3n) is 8.36. The van der Waals surface area contributed by atoms with E-state index in [1.807, 2.05) is 0 Å². The molecule has 0 saturated carbocycles. The molecule has 2 bridgehead atoms. The molecule has 1 N–H and O–H groups in total. The van der Waals surface area contributed by atoms with E-state index < -0.39 is 22.1 Å². The van der Waals surface area contributed by atoms with Gasteiger partial charge in [0.15, 0.2) is 0 Å². The predicted octanol–water partition coefficient (Wildman–Crippen LogP) is 5.34. The van der Waals surface area contributed by atoms with Crippen LogP contribution in [0.15, 0.2) is 65.6 Å². The molecule has 0 aliphatic heterocycles. The zero-order chi connectivity index (χ0) is 27.1. The fourth-order valence-electron chi connectivity index (χ4n) is 6.71. The van der Waals surface area contributed by atoms with E-state index in [0.717, 1.165) is 19.3 Å². The maximum atomic E-state index is 12.6. The number of carbonyl (C=O) groups excluding carboxylic acids is 2. The Balaban J connectivity index is 1.07. The third-order valence-corrected chi connectivity index (χ3v) is 9.30.